The molecule has 0 fully saturated rings. The average molecular weight is 928 g/mol. The molecule has 0 aromatic heterocycles. The summed E-state index contributed by atoms with van der Waals surface area (Å²) in [4.78, 5) is 0.295. The summed E-state index contributed by atoms with van der Waals surface area (Å²) in [5, 5.41) is 0. The molecule has 1 aliphatic carbocycles. The lowest BCUT2D eigenvalue weighted by molar-refractivity contribution is 0.264. The van der Waals surface area contributed by atoms with E-state index >= 15 is 0 Å². The second kappa shape index (κ2) is 19.0. The summed E-state index contributed by atoms with van der Waals surface area (Å²) >= 11 is 0. The number of ether oxygens (including phenoxy) is 4. The van der Waals surface area contributed by atoms with Gasteiger partial charge in [-0.2, -0.15) is 4.31 Å². The molecular weight excluding hydrogens is 851 g/mol. The first-order chi connectivity index (χ1) is 31.3. The predicted molar refractivity (Wildman–Crippen MR) is 275 cm³/mol. The number of hydrogen-bond acceptors (Lipinski definition) is 6. The summed E-state index contributed by atoms with van der Waals surface area (Å²) in [5.41, 5.74) is 14.0. The molecule has 0 spiro atoms. The van der Waals surface area contributed by atoms with Crippen molar-refractivity contribution in [2.45, 2.75) is 155 Å². The van der Waals surface area contributed by atoms with E-state index in [2.05, 4.69) is 132 Å². The summed E-state index contributed by atoms with van der Waals surface area (Å²) < 4.78 is 57.8. The van der Waals surface area contributed by atoms with Gasteiger partial charge in [-0.05, 0) is 120 Å². The van der Waals surface area contributed by atoms with Crippen LogP contribution < -0.4 is 18.9 Å². The standard InChI is InChI=1S/C59H77NO6S/c1-38-18-20-51(21-19-38)67(61,62)60-22-16-24-65-54-43-26-39-30-47(56(2,3)4)31-40(52(39)63-14)27-44-35-50(59(11,12)13)37-46(55(44)66-25-17-23-60)29-42-33-48(57(5,6)7)32-41(53(42)64-15)28-45(54)36-49(34-43)58(8,9)10/h18-21,30-37H,16-17,22-29H2,1-15H3. The summed E-state index contributed by atoms with van der Waals surface area (Å²) in [6.07, 6.45) is 3.27. The molecule has 0 unspecified atom stereocenters. The minimum atomic E-state index is -3.81. The smallest absolute Gasteiger partial charge is 0.243 e. The number of benzene rings is 5. The molecule has 0 atom stereocenters. The van der Waals surface area contributed by atoms with Gasteiger partial charge in [0.15, 0.2) is 0 Å². The van der Waals surface area contributed by atoms with Crippen LogP contribution in [0.15, 0.2) is 77.7 Å². The second-order valence-electron chi connectivity index (χ2n) is 23.2. The highest BCUT2D eigenvalue weighted by Crippen LogP contribution is 2.44. The Kier molecular flexibility index (Phi) is 14.2. The molecule has 7 nitrogen and oxygen atoms in total. The molecule has 8 heteroatoms. The van der Waals surface area contributed by atoms with Crippen molar-refractivity contribution in [3.8, 4) is 23.0 Å². The van der Waals surface area contributed by atoms with E-state index in [1.807, 2.05) is 19.1 Å². The Hall–Kier alpha value is -4.79. The van der Waals surface area contributed by atoms with Crippen molar-refractivity contribution >= 4 is 10.0 Å². The molecule has 2 aliphatic heterocycles. The number of methoxy groups -OCH3 is 2. The van der Waals surface area contributed by atoms with Crippen LogP contribution in [-0.4, -0.2) is 53.2 Å². The van der Waals surface area contributed by atoms with Crippen molar-refractivity contribution in [2.24, 2.45) is 0 Å². The number of hydrogen-bond donors (Lipinski definition) is 0. The topological polar surface area (TPSA) is 74.3 Å². The molecule has 360 valence electrons. The first-order valence-corrected chi connectivity index (χ1v) is 25.8. The van der Waals surface area contributed by atoms with Crippen molar-refractivity contribution < 1.29 is 27.4 Å². The Bertz CT molecular complexity index is 2470. The Labute approximate surface area is 403 Å². The van der Waals surface area contributed by atoms with Gasteiger partial charge in [-0.1, -0.05) is 149 Å². The van der Waals surface area contributed by atoms with Gasteiger partial charge >= 0.3 is 0 Å². The van der Waals surface area contributed by atoms with Crippen LogP contribution in [0, 0.1) is 6.92 Å². The molecule has 5 aromatic rings. The van der Waals surface area contributed by atoms with Crippen LogP contribution in [0.5, 0.6) is 23.0 Å². The first-order valence-electron chi connectivity index (χ1n) is 24.3. The van der Waals surface area contributed by atoms with Gasteiger partial charge in [-0.3, -0.25) is 0 Å². The molecule has 10 bridgehead atoms. The van der Waals surface area contributed by atoms with Crippen molar-refractivity contribution in [1.82, 2.24) is 4.31 Å². The van der Waals surface area contributed by atoms with E-state index in [-0.39, 0.29) is 21.7 Å². The van der Waals surface area contributed by atoms with E-state index < -0.39 is 10.0 Å². The van der Waals surface area contributed by atoms with Gasteiger partial charge in [-0.15, -0.1) is 0 Å². The maximum Gasteiger partial charge on any atom is 0.243 e. The van der Waals surface area contributed by atoms with Gasteiger partial charge in [0, 0.05) is 38.8 Å². The largest absolute Gasteiger partial charge is 0.496 e. The van der Waals surface area contributed by atoms with E-state index in [1.165, 1.54) is 22.3 Å². The summed E-state index contributed by atoms with van der Waals surface area (Å²) in [5.74, 6) is 3.42. The zero-order valence-corrected chi connectivity index (χ0v) is 44.1. The SMILES string of the molecule is COc1c2cc(C(C)(C)C)cc1Cc1cc(C(C)(C)C)cc3c1OCCCN(S(=O)(=O)c1ccc(C)cc1)CCCOc1c(cc(C(C)(C)C)cc1Cc1cc(C(C)(C)C)cc(c1OC)C3)C2. The predicted octanol–water partition coefficient (Wildman–Crippen LogP) is 13.1. The van der Waals surface area contributed by atoms with Crippen LogP contribution >= 0.6 is 0 Å². The minimum Gasteiger partial charge on any atom is -0.496 e. The number of fused-ring (bicyclic) bond motifs is 8. The molecule has 0 radical (unpaired) electrons. The fraction of sp³-hybridized carbons (Fsp3) is 0.492. The highest BCUT2D eigenvalue weighted by molar-refractivity contribution is 7.89. The molecule has 2 heterocycles. The number of nitrogens with zero attached hydrogens (tertiary/aromatic N) is 1. The van der Waals surface area contributed by atoms with Crippen LogP contribution in [0.4, 0.5) is 0 Å². The summed E-state index contributed by atoms with van der Waals surface area (Å²) in [6, 6.07) is 25.8. The van der Waals surface area contributed by atoms with Crippen molar-refractivity contribution in [2.75, 3.05) is 40.5 Å². The summed E-state index contributed by atoms with van der Waals surface area (Å²) in [7, 11) is -0.213. The molecule has 0 saturated carbocycles. The van der Waals surface area contributed by atoms with Crippen LogP contribution in [0.25, 0.3) is 0 Å². The molecule has 8 rings (SSSR count). The maximum absolute atomic E-state index is 14.5. The van der Waals surface area contributed by atoms with E-state index in [1.54, 1.807) is 30.7 Å². The number of aryl methyl sites for hydroxylation is 1. The van der Waals surface area contributed by atoms with Crippen molar-refractivity contribution in [1.29, 1.82) is 0 Å². The van der Waals surface area contributed by atoms with Gasteiger partial charge in [-0.25, -0.2) is 8.42 Å². The van der Waals surface area contributed by atoms with Gasteiger partial charge in [0.1, 0.15) is 23.0 Å². The van der Waals surface area contributed by atoms with Crippen LogP contribution in [0.3, 0.4) is 0 Å². The lowest BCUT2D eigenvalue weighted by atomic mass is 9.79. The Morgan fingerprint density at radius 3 is 1.01 bits per heavy atom. The molecule has 67 heavy (non-hydrogen) atoms. The fourth-order valence-electron chi connectivity index (χ4n) is 9.56. The summed E-state index contributed by atoms with van der Waals surface area (Å²) in [6.45, 7) is 30.5. The highest BCUT2D eigenvalue weighted by Gasteiger charge is 2.30. The molecular formula is C59H77NO6S. The molecule has 0 amide bonds. The lowest BCUT2D eigenvalue weighted by Crippen LogP contribution is -2.34. The zero-order chi connectivity index (χ0) is 48.9. The Balaban J connectivity index is 1.58. The number of rotatable bonds is 4. The van der Waals surface area contributed by atoms with Gasteiger partial charge in [0.05, 0.1) is 32.3 Å². The minimum absolute atomic E-state index is 0.141. The molecule has 3 aliphatic rings. The average Bonchev–Trinajstić information content (AvgIpc) is 3.22. The third-order valence-corrected chi connectivity index (χ3v) is 15.5. The zero-order valence-electron chi connectivity index (χ0n) is 43.3. The van der Waals surface area contributed by atoms with E-state index in [0.717, 1.165) is 73.1 Å². The van der Waals surface area contributed by atoms with E-state index in [4.69, 9.17) is 18.9 Å². The monoisotopic (exact) mass is 928 g/mol. The fourth-order valence-corrected chi connectivity index (χ4v) is 11.1. The third kappa shape index (κ3) is 11.1. The van der Waals surface area contributed by atoms with Crippen LogP contribution in [0.1, 0.15) is 168 Å². The van der Waals surface area contributed by atoms with E-state index in [9.17, 15) is 8.42 Å². The van der Waals surface area contributed by atoms with Crippen molar-refractivity contribution in [3.63, 3.8) is 0 Å². The van der Waals surface area contributed by atoms with Crippen LogP contribution in [0.2, 0.25) is 0 Å². The quantitative estimate of drug-likeness (QED) is 0.175. The van der Waals surface area contributed by atoms with Gasteiger partial charge < -0.3 is 18.9 Å². The molecule has 0 saturated heterocycles. The van der Waals surface area contributed by atoms with Crippen LogP contribution in [-0.2, 0) is 57.4 Å². The normalized spacial score (nSPS) is 15.7. The van der Waals surface area contributed by atoms with Gasteiger partial charge in [0.25, 0.3) is 0 Å². The number of sulfonamides is 1. The maximum atomic E-state index is 14.5. The first kappa shape index (κ1) is 50.1. The highest BCUT2D eigenvalue weighted by atomic mass is 32.2. The van der Waals surface area contributed by atoms with E-state index in [0.29, 0.717) is 69.7 Å². The molecule has 0 N–H and O–H groups in total. The Morgan fingerprint density at radius 1 is 0.463 bits per heavy atom. The third-order valence-electron chi connectivity index (χ3n) is 13.6. The lowest BCUT2D eigenvalue weighted by Gasteiger charge is -2.29. The molecule has 5 aromatic carbocycles. The van der Waals surface area contributed by atoms with Crippen molar-refractivity contribution in [3.05, 3.63) is 145 Å². The van der Waals surface area contributed by atoms with Gasteiger partial charge in [0.2, 0.25) is 10.0 Å². The Morgan fingerprint density at radius 2 is 0.746 bits per heavy atom. The second-order valence-corrected chi connectivity index (χ2v) is 25.2.